The minimum absolute atomic E-state index is 0.142. The second kappa shape index (κ2) is 9.82. The molecule has 1 N–H and O–H groups in total. The minimum Gasteiger partial charge on any atom is -0.379 e. The van der Waals surface area contributed by atoms with Crippen molar-refractivity contribution in [3.8, 4) is 0 Å². The van der Waals surface area contributed by atoms with Crippen LogP contribution in [0.4, 0.5) is 0 Å². The molecule has 1 saturated heterocycles. The minimum atomic E-state index is -3.62. The molecule has 4 rings (SSSR count). The molecule has 0 unspecified atom stereocenters. The molecule has 3 aromatic carbocycles. The Balaban J connectivity index is 1.38. The lowest BCUT2D eigenvalue weighted by Crippen LogP contribution is -2.41. The van der Waals surface area contributed by atoms with E-state index in [0.717, 1.165) is 15.7 Å². The van der Waals surface area contributed by atoms with Crippen LogP contribution in [0.2, 0.25) is 0 Å². The number of fused-ring (bicyclic) bond motifs is 1. The van der Waals surface area contributed by atoms with Crippen LogP contribution in [0.5, 0.6) is 0 Å². The summed E-state index contributed by atoms with van der Waals surface area (Å²) in [4.78, 5) is 13.7. The lowest BCUT2D eigenvalue weighted by Gasteiger charge is -2.27. The fraction of sp³-hybridized carbons (Fsp3) is 0.261. The first-order valence-electron chi connectivity index (χ1n) is 10.1. The van der Waals surface area contributed by atoms with Gasteiger partial charge in [0.15, 0.2) is 0 Å². The van der Waals surface area contributed by atoms with Crippen molar-refractivity contribution in [3.05, 3.63) is 72.3 Å². The number of amides is 1. The smallest absolute Gasteiger partial charge is 0.243 e. The summed E-state index contributed by atoms with van der Waals surface area (Å²) >= 11 is 1.46. The number of sulfonamides is 1. The lowest BCUT2D eigenvalue weighted by molar-refractivity contribution is -0.118. The Morgan fingerprint density at radius 2 is 1.68 bits per heavy atom. The van der Waals surface area contributed by atoms with E-state index in [1.807, 2.05) is 30.3 Å². The van der Waals surface area contributed by atoms with Crippen LogP contribution in [0.1, 0.15) is 5.56 Å². The number of carbonyl (C=O) groups excluding carboxylic acids is 1. The number of benzene rings is 3. The van der Waals surface area contributed by atoms with Crippen molar-refractivity contribution in [1.29, 1.82) is 0 Å². The van der Waals surface area contributed by atoms with Gasteiger partial charge >= 0.3 is 0 Å². The van der Waals surface area contributed by atoms with Gasteiger partial charge in [-0.15, -0.1) is 11.8 Å². The number of rotatable bonds is 7. The van der Waals surface area contributed by atoms with Gasteiger partial charge in [0.1, 0.15) is 0 Å². The second-order valence-electron chi connectivity index (χ2n) is 7.20. The number of thioether (sulfide) groups is 1. The van der Waals surface area contributed by atoms with Gasteiger partial charge in [-0.05, 0) is 34.5 Å². The average molecular weight is 457 g/mol. The molecular formula is C23H24N2O4S2. The van der Waals surface area contributed by atoms with Gasteiger partial charge < -0.3 is 10.1 Å². The molecule has 0 aliphatic carbocycles. The fourth-order valence-corrected chi connectivity index (χ4v) is 5.88. The summed E-state index contributed by atoms with van der Waals surface area (Å²) < 4.78 is 32.7. The first-order chi connectivity index (χ1) is 15.0. The van der Waals surface area contributed by atoms with Crippen LogP contribution in [0.15, 0.2) is 76.5 Å². The van der Waals surface area contributed by atoms with Crippen LogP contribution in [-0.4, -0.2) is 50.7 Å². The van der Waals surface area contributed by atoms with Crippen molar-refractivity contribution in [2.45, 2.75) is 16.3 Å². The van der Waals surface area contributed by atoms with Gasteiger partial charge in [0.25, 0.3) is 0 Å². The Hall–Kier alpha value is -2.39. The highest BCUT2D eigenvalue weighted by Crippen LogP contribution is 2.24. The summed E-state index contributed by atoms with van der Waals surface area (Å²) in [6, 6.07) is 21.0. The number of carbonyl (C=O) groups is 1. The highest BCUT2D eigenvalue weighted by molar-refractivity contribution is 8.00. The molecule has 1 heterocycles. The Labute approximate surface area is 186 Å². The second-order valence-corrected chi connectivity index (χ2v) is 10.2. The van der Waals surface area contributed by atoms with Gasteiger partial charge in [-0.3, -0.25) is 4.79 Å². The van der Waals surface area contributed by atoms with Crippen LogP contribution in [0, 0.1) is 0 Å². The molecule has 8 heteroatoms. The normalized spacial score (nSPS) is 15.1. The molecule has 31 heavy (non-hydrogen) atoms. The zero-order valence-corrected chi connectivity index (χ0v) is 18.6. The number of ether oxygens (including phenoxy) is 1. The number of morpholine rings is 1. The van der Waals surface area contributed by atoms with Gasteiger partial charge in [0.05, 0.1) is 23.9 Å². The molecule has 0 saturated carbocycles. The van der Waals surface area contributed by atoms with Crippen LogP contribution < -0.4 is 5.32 Å². The van der Waals surface area contributed by atoms with E-state index in [-0.39, 0.29) is 23.1 Å². The van der Waals surface area contributed by atoms with E-state index in [2.05, 4.69) is 17.4 Å². The summed E-state index contributed by atoms with van der Waals surface area (Å²) in [5, 5.41) is 5.15. The maximum Gasteiger partial charge on any atom is 0.243 e. The highest BCUT2D eigenvalue weighted by atomic mass is 32.2. The van der Waals surface area contributed by atoms with E-state index < -0.39 is 10.0 Å². The number of nitrogens with zero attached hydrogens (tertiary/aromatic N) is 1. The Morgan fingerprint density at radius 3 is 2.48 bits per heavy atom. The summed E-state index contributed by atoms with van der Waals surface area (Å²) in [6.45, 7) is 1.63. The molecule has 1 amide bonds. The fourth-order valence-electron chi connectivity index (χ4n) is 3.48. The third-order valence-electron chi connectivity index (χ3n) is 5.13. The quantitative estimate of drug-likeness (QED) is 0.553. The third kappa shape index (κ3) is 5.27. The largest absolute Gasteiger partial charge is 0.379 e. The molecule has 162 valence electrons. The predicted octanol–water partition coefficient (Wildman–Crippen LogP) is 3.27. The monoisotopic (exact) mass is 456 g/mol. The van der Waals surface area contributed by atoms with Gasteiger partial charge in [-0.2, -0.15) is 4.31 Å². The van der Waals surface area contributed by atoms with Gasteiger partial charge in [-0.1, -0.05) is 48.5 Å². The highest BCUT2D eigenvalue weighted by Gasteiger charge is 2.28. The van der Waals surface area contributed by atoms with E-state index in [1.54, 1.807) is 24.3 Å². The van der Waals surface area contributed by atoms with E-state index in [0.29, 0.717) is 31.9 Å². The topological polar surface area (TPSA) is 75.7 Å². The summed E-state index contributed by atoms with van der Waals surface area (Å²) in [5.74, 6) is 0.119. The summed E-state index contributed by atoms with van der Waals surface area (Å²) in [7, 11) is -3.62. The zero-order valence-electron chi connectivity index (χ0n) is 17.0. The van der Waals surface area contributed by atoms with Crippen LogP contribution in [-0.2, 0) is 26.1 Å². The summed E-state index contributed by atoms with van der Waals surface area (Å²) in [6.07, 6.45) is 0. The first-order valence-corrected chi connectivity index (χ1v) is 12.5. The van der Waals surface area contributed by atoms with Crippen molar-refractivity contribution in [2.75, 3.05) is 32.1 Å². The lowest BCUT2D eigenvalue weighted by atomic mass is 10.1. The molecule has 0 radical (unpaired) electrons. The van der Waals surface area contributed by atoms with Crippen molar-refractivity contribution >= 4 is 38.5 Å². The number of nitrogens with one attached hydrogen (secondary N) is 1. The predicted molar refractivity (Wildman–Crippen MR) is 123 cm³/mol. The maximum absolute atomic E-state index is 13.0. The molecule has 0 atom stereocenters. The molecule has 0 bridgehead atoms. The first kappa shape index (κ1) is 21.8. The van der Waals surface area contributed by atoms with Crippen molar-refractivity contribution < 1.29 is 17.9 Å². The standard InChI is InChI=1S/C23H24N2O4S2/c26-23(17-30-21-10-9-18-5-1-2-6-19(18)15-21)24-16-20-7-3-4-8-22(20)31(27,28)25-11-13-29-14-12-25/h1-10,15H,11-14,16-17H2,(H,24,26). The molecule has 1 aliphatic heterocycles. The van der Waals surface area contributed by atoms with Crippen LogP contribution in [0.3, 0.4) is 0 Å². The van der Waals surface area contributed by atoms with E-state index in [9.17, 15) is 13.2 Å². The Bertz CT molecular complexity index is 1170. The molecular weight excluding hydrogens is 432 g/mol. The molecule has 0 aromatic heterocycles. The molecule has 3 aromatic rings. The number of hydrogen-bond acceptors (Lipinski definition) is 5. The molecule has 6 nitrogen and oxygen atoms in total. The van der Waals surface area contributed by atoms with Crippen LogP contribution >= 0.6 is 11.8 Å². The summed E-state index contributed by atoms with van der Waals surface area (Å²) in [5.41, 5.74) is 0.582. The van der Waals surface area contributed by atoms with Gasteiger partial charge in [0.2, 0.25) is 15.9 Å². The Kier molecular flexibility index (Phi) is 6.92. The number of hydrogen-bond donors (Lipinski definition) is 1. The van der Waals surface area contributed by atoms with Crippen molar-refractivity contribution in [2.24, 2.45) is 0 Å². The molecule has 1 aliphatic rings. The maximum atomic E-state index is 13.0. The van der Waals surface area contributed by atoms with Gasteiger partial charge in [-0.25, -0.2) is 8.42 Å². The van der Waals surface area contributed by atoms with Crippen LogP contribution in [0.25, 0.3) is 10.8 Å². The van der Waals surface area contributed by atoms with Crippen molar-refractivity contribution in [1.82, 2.24) is 9.62 Å². The van der Waals surface area contributed by atoms with Gasteiger partial charge in [0, 0.05) is 24.5 Å². The third-order valence-corrected chi connectivity index (χ3v) is 8.12. The zero-order chi connectivity index (χ0) is 21.7. The van der Waals surface area contributed by atoms with E-state index in [1.165, 1.54) is 16.1 Å². The molecule has 0 spiro atoms. The van der Waals surface area contributed by atoms with Crippen molar-refractivity contribution in [3.63, 3.8) is 0 Å². The van der Waals surface area contributed by atoms with E-state index in [4.69, 9.17) is 4.74 Å². The van der Waals surface area contributed by atoms with E-state index >= 15 is 0 Å². The average Bonchev–Trinajstić information content (AvgIpc) is 2.82. The Morgan fingerprint density at radius 1 is 0.968 bits per heavy atom. The SMILES string of the molecule is O=C(CSc1ccc2ccccc2c1)NCc1ccccc1S(=O)(=O)N1CCOCC1. The molecule has 1 fully saturated rings.